The van der Waals surface area contributed by atoms with Gasteiger partial charge >= 0.3 is 0 Å². The molecule has 0 radical (unpaired) electrons. The van der Waals surface area contributed by atoms with Crippen LogP contribution in [0.25, 0.3) is 0 Å². The standard InChI is InChI=1S/C13H17ClN2O/c1-4-17-13(2,3)9-16-12-7-5-6-11(14)10(12)8-15/h5-7,16H,4,9H2,1-3H3. The maximum Gasteiger partial charge on any atom is 0.103 e. The van der Waals surface area contributed by atoms with Gasteiger partial charge in [-0.3, -0.25) is 0 Å². The first-order valence-electron chi connectivity index (χ1n) is 5.56. The molecule has 1 N–H and O–H groups in total. The van der Waals surface area contributed by atoms with E-state index in [1.165, 1.54) is 0 Å². The summed E-state index contributed by atoms with van der Waals surface area (Å²) >= 11 is 5.95. The lowest BCUT2D eigenvalue weighted by atomic mass is 10.1. The number of rotatable bonds is 5. The molecule has 4 heteroatoms. The minimum Gasteiger partial charge on any atom is -0.381 e. The summed E-state index contributed by atoms with van der Waals surface area (Å²) in [6.45, 7) is 7.24. The Morgan fingerprint density at radius 2 is 2.18 bits per heavy atom. The lowest BCUT2D eigenvalue weighted by Crippen LogP contribution is -2.33. The number of hydrogen-bond acceptors (Lipinski definition) is 3. The highest BCUT2D eigenvalue weighted by Crippen LogP contribution is 2.24. The van der Waals surface area contributed by atoms with Gasteiger partial charge in [0, 0.05) is 13.2 Å². The minimum absolute atomic E-state index is 0.274. The van der Waals surface area contributed by atoms with Crippen LogP contribution in [0.15, 0.2) is 18.2 Å². The Morgan fingerprint density at radius 3 is 2.76 bits per heavy atom. The smallest absolute Gasteiger partial charge is 0.103 e. The summed E-state index contributed by atoms with van der Waals surface area (Å²) in [4.78, 5) is 0. The summed E-state index contributed by atoms with van der Waals surface area (Å²) in [5, 5.41) is 12.7. The van der Waals surface area contributed by atoms with E-state index in [1.54, 1.807) is 6.07 Å². The van der Waals surface area contributed by atoms with Gasteiger partial charge in [0.05, 0.1) is 21.9 Å². The number of ether oxygens (including phenoxy) is 1. The maximum atomic E-state index is 9.03. The van der Waals surface area contributed by atoms with Gasteiger partial charge in [0.15, 0.2) is 0 Å². The van der Waals surface area contributed by atoms with Gasteiger partial charge in [-0.05, 0) is 32.9 Å². The molecular formula is C13H17ClN2O. The summed E-state index contributed by atoms with van der Waals surface area (Å²) in [6, 6.07) is 7.46. The third-order valence-corrected chi connectivity index (χ3v) is 2.68. The van der Waals surface area contributed by atoms with Crippen LogP contribution in [-0.4, -0.2) is 18.8 Å². The second kappa shape index (κ2) is 5.90. The number of nitriles is 1. The van der Waals surface area contributed by atoms with Crippen LogP contribution in [0, 0.1) is 11.3 Å². The first-order chi connectivity index (χ1) is 8.00. The molecule has 3 nitrogen and oxygen atoms in total. The fourth-order valence-corrected chi connectivity index (χ4v) is 1.75. The summed E-state index contributed by atoms with van der Waals surface area (Å²) in [7, 11) is 0. The Labute approximate surface area is 107 Å². The van der Waals surface area contributed by atoms with E-state index < -0.39 is 0 Å². The van der Waals surface area contributed by atoms with Crippen LogP contribution in [0.3, 0.4) is 0 Å². The van der Waals surface area contributed by atoms with Crippen LogP contribution in [0.5, 0.6) is 0 Å². The summed E-state index contributed by atoms with van der Waals surface area (Å²) in [5.41, 5.74) is 0.943. The van der Waals surface area contributed by atoms with Crippen molar-refractivity contribution >= 4 is 17.3 Å². The minimum atomic E-state index is -0.274. The molecule has 0 amide bonds. The highest BCUT2D eigenvalue weighted by molar-refractivity contribution is 6.32. The van der Waals surface area contributed by atoms with E-state index in [9.17, 15) is 0 Å². The van der Waals surface area contributed by atoms with Crippen molar-refractivity contribution in [3.05, 3.63) is 28.8 Å². The van der Waals surface area contributed by atoms with Gasteiger partial charge in [0.2, 0.25) is 0 Å². The van der Waals surface area contributed by atoms with Gasteiger partial charge in [-0.1, -0.05) is 17.7 Å². The Bertz CT molecular complexity index is 424. The molecule has 17 heavy (non-hydrogen) atoms. The molecule has 1 aromatic carbocycles. The molecular weight excluding hydrogens is 236 g/mol. The van der Waals surface area contributed by atoms with E-state index in [0.717, 1.165) is 5.69 Å². The topological polar surface area (TPSA) is 45.0 Å². The Kier molecular flexibility index (Phi) is 4.80. The molecule has 0 spiro atoms. The molecule has 0 aliphatic heterocycles. The third kappa shape index (κ3) is 3.92. The molecule has 0 atom stereocenters. The summed E-state index contributed by atoms with van der Waals surface area (Å²) in [6.07, 6.45) is 0. The molecule has 0 aliphatic carbocycles. The van der Waals surface area contributed by atoms with Gasteiger partial charge in [0.1, 0.15) is 6.07 Å². The van der Waals surface area contributed by atoms with Crippen molar-refractivity contribution in [2.24, 2.45) is 0 Å². The summed E-state index contributed by atoms with van der Waals surface area (Å²) < 4.78 is 5.58. The predicted octanol–water partition coefficient (Wildman–Crippen LogP) is 3.44. The van der Waals surface area contributed by atoms with Crippen LogP contribution in [0.1, 0.15) is 26.3 Å². The van der Waals surface area contributed by atoms with Crippen LogP contribution in [0.4, 0.5) is 5.69 Å². The largest absolute Gasteiger partial charge is 0.381 e. The van der Waals surface area contributed by atoms with Crippen molar-refractivity contribution in [2.45, 2.75) is 26.4 Å². The lowest BCUT2D eigenvalue weighted by Gasteiger charge is -2.25. The zero-order valence-electron chi connectivity index (χ0n) is 10.4. The molecule has 0 fully saturated rings. The number of anilines is 1. The molecule has 1 rings (SSSR count). The Balaban J connectivity index is 2.77. The Hall–Kier alpha value is -1.24. The molecule has 0 saturated heterocycles. The zero-order chi connectivity index (χ0) is 12.9. The molecule has 0 unspecified atom stereocenters. The van der Waals surface area contributed by atoms with E-state index in [1.807, 2.05) is 32.9 Å². The van der Waals surface area contributed by atoms with Crippen molar-refractivity contribution in [3.8, 4) is 6.07 Å². The third-order valence-electron chi connectivity index (χ3n) is 2.37. The number of nitrogens with one attached hydrogen (secondary N) is 1. The van der Waals surface area contributed by atoms with Crippen LogP contribution in [0.2, 0.25) is 5.02 Å². The first kappa shape index (κ1) is 13.8. The quantitative estimate of drug-likeness (QED) is 0.873. The second-order valence-corrected chi connectivity index (χ2v) is 4.73. The molecule has 0 aliphatic rings. The monoisotopic (exact) mass is 252 g/mol. The van der Waals surface area contributed by atoms with E-state index >= 15 is 0 Å². The fraction of sp³-hybridized carbons (Fsp3) is 0.462. The van der Waals surface area contributed by atoms with Gasteiger partial charge in [-0.2, -0.15) is 5.26 Å². The number of halogens is 1. The highest BCUT2D eigenvalue weighted by atomic mass is 35.5. The van der Waals surface area contributed by atoms with Gasteiger partial charge in [-0.25, -0.2) is 0 Å². The van der Waals surface area contributed by atoms with E-state index in [0.29, 0.717) is 23.7 Å². The average Bonchev–Trinajstić information content (AvgIpc) is 2.26. The molecule has 0 aromatic heterocycles. The Morgan fingerprint density at radius 1 is 1.47 bits per heavy atom. The van der Waals surface area contributed by atoms with Crippen molar-refractivity contribution in [1.82, 2.24) is 0 Å². The van der Waals surface area contributed by atoms with Crippen LogP contribution < -0.4 is 5.32 Å². The van der Waals surface area contributed by atoms with Gasteiger partial charge in [-0.15, -0.1) is 0 Å². The van der Waals surface area contributed by atoms with Crippen molar-refractivity contribution in [1.29, 1.82) is 5.26 Å². The number of nitrogens with zero attached hydrogens (tertiary/aromatic N) is 1. The van der Waals surface area contributed by atoms with Gasteiger partial charge in [0.25, 0.3) is 0 Å². The number of benzene rings is 1. The molecule has 0 heterocycles. The van der Waals surface area contributed by atoms with Crippen LogP contribution in [-0.2, 0) is 4.74 Å². The fourth-order valence-electron chi connectivity index (χ4n) is 1.53. The predicted molar refractivity (Wildman–Crippen MR) is 70.4 cm³/mol. The lowest BCUT2D eigenvalue weighted by molar-refractivity contribution is 0.000696. The zero-order valence-corrected chi connectivity index (χ0v) is 11.1. The SMILES string of the molecule is CCOC(C)(C)CNc1cccc(Cl)c1C#N. The number of hydrogen-bond donors (Lipinski definition) is 1. The first-order valence-corrected chi connectivity index (χ1v) is 5.94. The second-order valence-electron chi connectivity index (χ2n) is 4.32. The maximum absolute atomic E-state index is 9.03. The van der Waals surface area contributed by atoms with Crippen LogP contribution >= 0.6 is 11.6 Å². The molecule has 92 valence electrons. The van der Waals surface area contributed by atoms with Crippen molar-refractivity contribution in [2.75, 3.05) is 18.5 Å². The van der Waals surface area contributed by atoms with Crippen molar-refractivity contribution < 1.29 is 4.74 Å². The average molecular weight is 253 g/mol. The molecule has 1 aromatic rings. The van der Waals surface area contributed by atoms with Gasteiger partial charge < -0.3 is 10.1 Å². The highest BCUT2D eigenvalue weighted by Gasteiger charge is 2.18. The van der Waals surface area contributed by atoms with E-state index in [-0.39, 0.29) is 5.60 Å². The van der Waals surface area contributed by atoms with E-state index in [2.05, 4.69) is 11.4 Å². The molecule has 0 bridgehead atoms. The van der Waals surface area contributed by atoms with E-state index in [4.69, 9.17) is 21.6 Å². The molecule has 0 saturated carbocycles. The summed E-state index contributed by atoms with van der Waals surface area (Å²) in [5.74, 6) is 0. The normalized spacial score (nSPS) is 11.0. The van der Waals surface area contributed by atoms with Crippen molar-refractivity contribution in [3.63, 3.8) is 0 Å².